The summed E-state index contributed by atoms with van der Waals surface area (Å²) in [5.41, 5.74) is 1.14. The van der Waals surface area contributed by atoms with Crippen LogP contribution < -0.4 is 4.74 Å². The summed E-state index contributed by atoms with van der Waals surface area (Å²) in [5.74, 6) is 0.830. The topological polar surface area (TPSA) is 29.5 Å². The highest BCUT2D eigenvalue weighted by Crippen LogP contribution is 2.12. The SMILES string of the molecule is CCCN(CCC)C(=O)COc1cccc(C)c1. The first-order valence-electron chi connectivity index (χ1n) is 6.64. The van der Waals surface area contributed by atoms with Crippen molar-refractivity contribution in [2.75, 3.05) is 19.7 Å². The minimum absolute atomic E-state index is 0.0696. The van der Waals surface area contributed by atoms with E-state index in [4.69, 9.17) is 4.74 Å². The smallest absolute Gasteiger partial charge is 0.260 e. The molecule has 0 fully saturated rings. The van der Waals surface area contributed by atoms with Crippen molar-refractivity contribution in [3.05, 3.63) is 29.8 Å². The largest absolute Gasteiger partial charge is 0.484 e. The Kier molecular flexibility index (Phi) is 6.26. The van der Waals surface area contributed by atoms with Crippen LogP contribution in [0.15, 0.2) is 24.3 Å². The number of hydrogen-bond donors (Lipinski definition) is 0. The fourth-order valence-electron chi connectivity index (χ4n) is 1.84. The molecule has 1 amide bonds. The molecule has 1 aromatic carbocycles. The van der Waals surface area contributed by atoms with E-state index >= 15 is 0 Å². The van der Waals surface area contributed by atoms with Crippen LogP contribution in [0.3, 0.4) is 0 Å². The quantitative estimate of drug-likeness (QED) is 0.743. The number of rotatable bonds is 7. The Morgan fingerprint density at radius 1 is 1.22 bits per heavy atom. The van der Waals surface area contributed by atoms with Crippen molar-refractivity contribution in [1.82, 2.24) is 4.90 Å². The highest BCUT2D eigenvalue weighted by atomic mass is 16.5. The second kappa shape index (κ2) is 7.75. The molecular formula is C15H23NO2. The molecule has 100 valence electrons. The van der Waals surface area contributed by atoms with E-state index in [1.165, 1.54) is 0 Å². The van der Waals surface area contributed by atoms with Crippen molar-refractivity contribution >= 4 is 5.91 Å². The van der Waals surface area contributed by atoms with Crippen molar-refractivity contribution in [1.29, 1.82) is 0 Å². The fourth-order valence-corrected chi connectivity index (χ4v) is 1.84. The van der Waals surface area contributed by atoms with E-state index in [1.807, 2.05) is 36.1 Å². The molecule has 0 heterocycles. The zero-order valence-corrected chi connectivity index (χ0v) is 11.6. The lowest BCUT2D eigenvalue weighted by Gasteiger charge is -2.21. The van der Waals surface area contributed by atoms with Gasteiger partial charge in [0, 0.05) is 13.1 Å². The normalized spacial score (nSPS) is 10.2. The summed E-state index contributed by atoms with van der Waals surface area (Å²) in [7, 11) is 0. The van der Waals surface area contributed by atoms with Crippen LogP contribution in [0.4, 0.5) is 0 Å². The van der Waals surface area contributed by atoms with Crippen molar-refractivity contribution in [2.24, 2.45) is 0 Å². The Morgan fingerprint density at radius 2 is 1.89 bits per heavy atom. The number of aryl methyl sites for hydroxylation is 1. The van der Waals surface area contributed by atoms with E-state index in [0.29, 0.717) is 0 Å². The summed E-state index contributed by atoms with van der Waals surface area (Å²) in [5, 5.41) is 0. The molecule has 0 radical (unpaired) electrons. The van der Waals surface area contributed by atoms with Gasteiger partial charge in [0.25, 0.3) is 5.91 Å². The average Bonchev–Trinajstić information content (AvgIpc) is 2.36. The molecule has 3 heteroatoms. The van der Waals surface area contributed by atoms with Crippen LogP contribution in [-0.2, 0) is 4.79 Å². The zero-order chi connectivity index (χ0) is 13.4. The molecule has 0 aliphatic heterocycles. The lowest BCUT2D eigenvalue weighted by molar-refractivity contribution is -0.133. The Morgan fingerprint density at radius 3 is 2.44 bits per heavy atom. The standard InChI is InChI=1S/C15H23NO2/c1-4-9-16(10-5-2)15(17)12-18-14-8-6-7-13(3)11-14/h6-8,11H,4-5,9-10,12H2,1-3H3. The van der Waals surface area contributed by atoms with Gasteiger partial charge in [-0.05, 0) is 37.5 Å². The van der Waals surface area contributed by atoms with Gasteiger partial charge >= 0.3 is 0 Å². The molecule has 0 saturated carbocycles. The summed E-state index contributed by atoms with van der Waals surface area (Å²) in [4.78, 5) is 13.9. The molecule has 18 heavy (non-hydrogen) atoms. The molecule has 0 aliphatic carbocycles. The van der Waals surface area contributed by atoms with Gasteiger partial charge < -0.3 is 9.64 Å². The Labute approximate surface area is 110 Å². The lowest BCUT2D eigenvalue weighted by atomic mass is 10.2. The number of carbonyl (C=O) groups is 1. The van der Waals surface area contributed by atoms with Crippen LogP contribution in [-0.4, -0.2) is 30.5 Å². The third-order valence-corrected chi connectivity index (χ3v) is 2.69. The average molecular weight is 249 g/mol. The Bertz CT molecular complexity index is 371. The first-order chi connectivity index (χ1) is 8.67. The number of nitrogens with zero attached hydrogens (tertiary/aromatic N) is 1. The summed E-state index contributed by atoms with van der Waals surface area (Å²) >= 11 is 0. The Balaban J connectivity index is 2.48. The van der Waals surface area contributed by atoms with Gasteiger partial charge in [0.15, 0.2) is 6.61 Å². The van der Waals surface area contributed by atoms with Crippen LogP contribution in [0.1, 0.15) is 32.3 Å². The maximum Gasteiger partial charge on any atom is 0.260 e. The molecule has 0 N–H and O–H groups in total. The van der Waals surface area contributed by atoms with Crippen molar-refractivity contribution in [3.63, 3.8) is 0 Å². The van der Waals surface area contributed by atoms with Crippen LogP contribution in [0.2, 0.25) is 0 Å². The van der Waals surface area contributed by atoms with Crippen molar-refractivity contribution in [3.8, 4) is 5.75 Å². The highest BCUT2D eigenvalue weighted by Gasteiger charge is 2.12. The van der Waals surface area contributed by atoms with Gasteiger partial charge in [-0.15, -0.1) is 0 Å². The molecular weight excluding hydrogens is 226 g/mol. The summed E-state index contributed by atoms with van der Waals surface area (Å²) in [6.45, 7) is 7.92. The van der Waals surface area contributed by atoms with Gasteiger partial charge in [-0.25, -0.2) is 0 Å². The highest BCUT2D eigenvalue weighted by molar-refractivity contribution is 5.77. The van der Waals surface area contributed by atoms with E-state index < -0.39 is 0 Å². The third-order valence-electron chi connectivity index (χ3n) is 2.69. The molecule has 1 aromatic rings. The number of amides is 1. The summed E-state index contributed by atoms with van der Waals surface area (Å²) in [6.07, 6.45) is 1.96. The molecule has 0 bridgehead atoms. The molecule has 3 nitrogen and oxygen atoms in total. The predicted molar refractivity (Wildman–Crippen MR) is 73.8 cm³/mol. The van der Waals surface area contributed by atoms with E-state index in [-0.39, 0.29) is 12.5 Å². The number of carbonyl (C=O) groups excluding carboxylic acids is 1. The first-order valence-corrected chi connectivity index (χ1v) is 6.64. The molecule has 1 rings (SSSR count). The summed E-state index contributed by atoms with van der Waals surface area (Å²) < 4.78 is 5.53. The minimum Gasteiger partial charge on any atom is -0.484 e. The Hall–Kier alpha value is -1.51. The van der Waals surface area contributed by atoms with Crippen LogP contribution >= 0.6 is 0 Å². The predicted octanol–water partition coefficient (Wildman–Crippen LogP) is 3.02. The van der Waals surface area contributed by atoms with Crippen LogP contribution in [0.25, 0.3) is 0 Å². The van der Waals surface area contributed by atoms with E-state index in [0.717, 1.165) is 37.2 Å². The molecule has 0 unspecified atom stereocenters. The van der Waals surface area contributed by atoms with Gasteiger partial charge in [0.2, 0.25) is 0 Å². The molecule has 0 aliphatic rings. The van der Waals surface area contributed by atoms with Crippen molar-refractivity contribution in [2.45, 2.75) is 33.6 Å². The number of hydrogen-bond acceptors (Lipinski definition) is 2. The second-order valence-electron chi connectivity index (χ2n) is 4.49. The fraction of sp³-hybridized carbons (Fsp3) is 0.533. The van der Waals surface area contributed by atoms with Crippen LogP contribution in [0.5, 0.6) is 5.75 Å². The minimum atomic E-state index is 0.0696. The maximum absolute atomic E-state index is 12.0. The molecule has 0 saturated heterocycles. The van der Waals surface area contributed by atoms with Gasteiger partial charge in [0.1, 0.15) is 5.75 Å². The monoisotopic (exact) mass is 249 g/mol. The van der Waals surface area contributed by atoms with E-state index in [2.05, 4.69) is 13.8 Å². The van der Waals surface area contributed by atoms with Gasteiger partial charge in [-0.2, -0.15) is 0 Å². The first kappa shape index (κ1) is 14.6. The van der Waals surface area contributed by atoms with Crippen molar-refractivity contribution < 1.29 is 9.53 Å². The summed E-state index contributed by atoms with van der Waals surface area (Å²) in [6, 6.07) is 7.77. The number of ether oxygens (including phenoxy) is 1. The third kappa shape index (κ3) is 4.78. The lowest BCUT2D eigenvalue weighted by Crippen LogP contribution is -2.36. The van der Waals surface area contributed by atoms with Crippen LogP contribution in [0, 0.1) is 6.92 Å². The second-order valence-corrected chi connectivity index (χ2v) is 4.49. The number of benzene rings is 1. The molecule has 0 spiro atoms. The molecule has 0 atom stereocenters. The van der Waals surface area contributed by atoms with Gasteiger partial charge in [-0.1, -0.05) is 26.0 Å². The van der Waals surface area contributed by atoms with E-state index in [1.54, 1.807) is 0 Å². The van der Waals surface area contributed by atoms with E-state index in [9.17, 15) is 4.79 Å². The maximum atomic E-state index is 12.0. The zero-order valence-electron chi connectivity index (χ0n) is 11.6. The van der Waals surface area contributed by atoms with Gasteiger partial charge in [-0.3, -0.25) is 4.79 Å². The van der Waals surface area contributed by atoms with Gasteiger partial charge in [0.05, 0.1) is 0 Å². The molecule has 0 aromatic heterocycles.